The molecule has 4 aliphatic rings. The standard InChI is InChI=1S/C56H73ClN10O6S/c1-34(37-11-13-38(14-12-37)47-35(2)60-33-74-47)61-50(71)44-27-40(68)31-67(44)51(72)48(54(3,4)5)62-46(69)32-64-21-19-36(20-22-64)30-65-23-25-66(26-24-65)45-18-15-39(29-59-45)49(70)63-52-55(6,7)53(56(52,8)9)73-41-16-17-43(58-10)42(57)28-41/h11-18,28-29,33-34,36,40,44,48,52-53,68H,19-27,30-32H2,1-9H3,(H,61,71)(H,62,69)(H,63,70)/t34-,40+,44?,48+,52?,53?/m0/s1. The molecule has 5 heterocycles. The number of hydrogen-bond acceptors (Lipinski definition) is 12. The minimum absolute atomic E-state index is 0.0160. The van der Waals surface area contributed by atoms with E-state index in [0.29, 0.717) is 27.9 Å². The highest BCUT2D eigenvalue weighted by molar-refractivity contribution is 7.13. The molecule has 2 aromatic heterocycles. The van der Waals surface area contributed by atoms with E-state index in [9.17, 15) is 24.3 Å². The van der Waals surface area contributed by atoms with Gasteiger partial charge in [0.2, 0.25) is 23.4 Å². The summed E-state index contributed by atoms with van der Waals surface area (Å²) in [7, 11) is 0. The Morgan fingerprint density at radius 2 is 1.62 bits per heavy atom. The van der Waals surface area contributed by atoms with E-state index in [2.05, 4.69) is 68.2 Å². The number of rotatable bonds is 15. The van der Waals surface area contributed by atoms with E-state index in [1.165, 1.54) is 4.90 Å². The maximum Gasteiger partial charge on any atom is 0.253 e. The summed E-state index contributed by atoms with van der Waals surface area (Å²) >= 11 is 7.86. The Balaban J connectivity index is 0.758. The first-order chi connectivity index (χ1) is 35.0. The van der Waals surface area contributed by atoms with Gasteiger partial charge in [-0.3, -0.25) is 29.0 Å². The van der Waals surface area contributed by atoms with E-state index in [1.807, 2.05) is 76.5 Å². The molecule has 8 rings (SSSR count). The lowest BCUT2D eigenvalue weighted by Gasteiger charge is -2.63. The summed E-state index contributed by atoms with van der Waals surface area (Å²) in [4.78, 5) is 77.3. The average Bonchev–Trinajstić information content (AvgIpc) is 3.99. The quantitative estimate of drug-likeness (QED) is 0.0866. The zero-order valence-electron chi connectivity index (χ0n) is 44.3. The van der Waals surface area contributed by atoms with Crippen molar-refractivity contribution in [2.24, 2.45) is 22.2 Å². The van der Waals surface area contributed by atoms with Crippen LogP contribution in [0, 0.1) is 35.7 Å². The van der Waals surface area contributed by atoms with Crippen LogP contribution in [-0.2, 0) is 14.4 Å². The zero-order chi connectivity index (χ0) is 53.3. The lowest BCUT2D eigenvalue weighted by atomic mass is 9.49. The third kappa shape index (κ3) is 12.1. The summed E-state index contributed by atoms with van der Waals surface area (Å²) in [5.74, 6) is 0.814. The first-order valence-corrected chi connectivity index (χ1v) is 27.2. The fraction of sp³-hybridized carbons (Fsp3) is 0.554. The second-order valence-electron chi connectivity index (χ2n) is 23.1. The Morgan fingerprint density at radius 1 is 0.932 bits per heavy atom. The second kappa shape index (κ2) is 22.3. The van der Waals surface area contributed by atoms with Crippen molar-refractivity contribution >= 4 is 58.1 Å². The predicted molar refractivity (Wildman–Crippen MR) is 289 cm³/mol. The first kappa shape index (κ1) is 54.6. The fourth-order valence-corrected chi connectivity index (χ4v) is 12.8. The van der Waals surface area contributed by atoms with Crippen LogP contribution in [0.5, 0.6) is 5.75 Å². The topological polar surface area (TPSA) is 177 Å². The molecule has 4 N–H and O–H groups in total. The molecule has 4 atom stereocenters. The minimum Gasteiger partial charge on any atom is -0.489 e. The normalized spacial score (nSPS) is 23.0. The predicted octanol–water partition coefficient (Wildman–Crippen LogP) is 7.53. The van der Waals surface area contributed by atoms with Crippen LogP contribution in [0.1, 0.15) is 102 Å². The van der Waals surface area contributed by atoms with E-state index >= 15 is 0 Å². The monoisotopic (exact) mass is 1050 g/mol. The molecule has 74 heavy (non-hydrogen) atoms. The fourth-order valence-electron chi connectivity index (χ4n) is 11.8. The Hall–Kier alpha value is -5.64. The molecule has 1 unspecified atom stereocenters. The van der Waals surface area contributed by atoms with E-state index in [-0.39, 0.29) is 72.2 Å². The lowest BCUT2D eigenvalue weighted by Crippen LogP contribution is -2.74. The molecule has 16 nitrogen and oxygen atoms in total. The molecule has 1 aliphatic carbocycles. The number of aliphatic hydroxyl groups excluding tert-OH is 1. The van der Waals surface area contributed by atoms with Gasteiger partial charge in [0.25, 0.3) is 5.91 Å². The third-order valence-electron chi connectivity index (χ3n) is 15.8. The van der Waals surface area contributed by atoms with Gasteiger partial charge in [0.05, 0.1) is 51.9 Å². The van der Waals surface area contributed by atoms with Crippen molar-refractivity contribution < 1.29 is 29.0 Å². The molecule has 4 aromatic rings. The number of anilines is 1. The number of carbonyl (C=O) groups excluding carboxylic acids is 4. The van der Waals surface area contributed by atoms with Gasteiger partial charge in [-0.15, -0.1) is 11.3 Å². The summed E-state index contributed by atoms with van der Waals surface area (Å²) in [6.07, 6.45) is 2.65. The second-order valence-corrected chi connectivity index (χ2v) is 24.3. The number of likely N-dealkylation sites (tertiary alicyclic amines) is 2. The molecule has 2 aromatic carbocycles. The van der Waals surface area contributed by atoms with E-state index < -0.39 is 23.6 Å². The van der Waals surface area contributed by atoms with Crippen molar-refractivity contribution in [3.05, 3.63) is 99.6 Å². The number of ether oxygens (including phenoxy) is 1. The van der Waals surface area contributed by atoms with Gasteiger partial charge in [0.15, 0.2) is 0 Å². The van der Waals surface area contributed by atoms with Gasteiger partial charge in [-0.05, 0) is 86.5 Å². The van der Waals surface area contributed by atoms with Crippen LogP contribution in [0.15, 0.2) is 66.3 Å². The van der Waals surface area contributed by atoms with Crippen molar-refractivity contribution in [1.29, 1.82) is 0 Å². The van der Waals surface area contributed by atoms with Crippen molar-refractivity contribution in [3.8, 4) is 16.2 Å². The molecular formula is C56H73ClN10O6S. The SMILES string of the molecule is [C-]#[N+]c1ccc(OC2C(C)(C)C(NC(=O)c3ccc(N4CCN(CC5CCN(CC(=O)N[C@H](C(=O)N6C[C@H](O)CC6C(=O)N[C@@H](C)c6ccc(-c7scnc7C)cc6)C(C)(C)C)CC5)CC4)nc3)C2(C)C)cc1Cl. The summed E-state index contributed by atoms with van der Waals surface area (Å²) in [5.41, 5.74) is 4.24. The van der Waals surface area contributed by atoms with Crippen molar-refractivity contribution in [3.63, 3.8) is 0 Å². The summed E-state index contributed by atoms with van der Waals surface area (Å²) in [5, 5.41) is 20.5. The highest BCUT2D eigenvalue weighted by Crippen LogP contribution is 2.56. The van der Waals surface area contributed by atoms with Crippen molar-refractivity contribution in [2.45, 2.75) is 118 Å². The maximum absolute atomic E-state index is 14.3. The summed E-state index contributed by atoms with van der Waals surface area (Å²) < 4.78 is 6.40. The number of amides is 4. The molecule has 0 spiro atoms. The van der Waals surface area contributed by atoms with Crippen LogP contribution in [0.3, 0.4) is 0 Å². The number of aromatic nitrogens is 2. The minimum atomic E-state index is -0.892. The van der Waals surface area contributed by atoms with Gasteiger partial charge < -0.3 is 35.6 Å². The van der Waals surface area contributed by atoms with E-state index in [1.54, 1.807) is 35.7 Å². The maximum atomic E-state index is 14.3. The van der Waals surface area contributed by atoms with Gasteiger partial charge in [0.1, 0.15) is 29.8 Å². The zero-order valence-corrected chi connectivity index (χ0v) is 45.9. The van der Waals surface area contributed by atoms with Crippen LogP contribution in [0.2, 0.25) is 5.02 Å². The van der Waals surface area contributed by atoms with E-state index in [0.717, 1.165) is 86.2 Å². The van der Waals surface area contributed by atoms with Gasteiger partial charge in [-0.1, -0.05) is 90.4 Å². The number of piperazine rings is 1. The smallest absolute Gasteiger partial charge is 0.253 e. The number of β-amino-alcohol motifs (C(OH)–C–C–N with tert-alkyl or cyclic N) is 1. The number of nitrogens with zero attached hydrogens (tertiary/aromatic N) is 7. The molecule has 4 amide bonds. The molecule has 18 heteroatoms. The van der Waals surface area contributed by atoms with Crippen LogP contribution >= 0.6 is 22.9 Å². The summed E-state index contributed by atoms with van der Waals surface area (Å²) in [6.45, 7) is 31.4. The number of aliphatic hydroxyl groups is 1. The lowest BCUT2D eigenvalue weighted by molar-refractivity contribution is -0.164. The number of halogens is 1. The number of benzene rings is 2. The number of pyridine rings is 1. The molecule has 3 aliphatic heterocycles. The Kier molecular flexibility index (Phi) is 16.5. The molecular weight excluding hydrogens is 976 g/mol. The summed E-state index contributed by atoms with van der Waals surface area (Å²) in [6, 6.07) is 14.6. The van der Waals surface area contributed by atoms with Crippen molar-refractivity contribution in [1.82, 2.24) is 40.6 Å². The van der Waals surface area contributed by atoms with Crippen LogP contribution in [-0.4, -0.2) is 143 Å². The number of piperidine rings is 1. The molecule has 3 saturated heterocycles. The molecule has 1 saturated carbocycles. The third-order valence-corrected chi connectivity index (χ3v) is 17.0. The van der Waals surface area contributed by atoms with Crippen LogP contribution in [0.4, 0.5) is 11.5 Å². The first-order valence-electron chi connectivity index (χ1n) is 25.9. The van der Waals surface area contributed by atoms with E-state index in [4.69, 9.17) is 27.9 Å². The number of carbonyl (C=O) groups is 4. The largest absolute Gasteiger partial charge is 0.489 e. The molecule has 396 valence electrons. The highest BCUT2D eigenvalue weighted by Gasteiger charge is 2.64. The Bertz CT molecular complexity index is 2690. The van der Waals surface area contributed by atoms with Gasteiger partial charge in [0, 0.05) is 68.8 Å². The van der Waals surface area contributed by atoms with Gasteiger partial charge in [-0.2, -0.15) is 0 Å². The molecule has 0 radical (unpaired) electrons. The number of hydrogen-bond donors (Lipinski definition) is 4. The molecule has 0 bridgehead atoms. The number of nitrogens with one attached hydrogen (secondary N) is 3. The Labute approximate surface area is 445 Å². The highest BCUT2D eigenvalue weighted by atomic mass is 35.5. The number of aryl methyl sites for hydroxylation is 1. The molecule has 4 fully saturated rings. The van der Waals surface area contributed by atoms with Gasteiger partial charge in [-0.25, -0.2) is 14.8 Å². The van der Waals surface area contributed by atoms with Gasteiger partial charge >= 0.3 is 0 Å². The van der Waals surface area contributed by atoms with Crippen LogP contribution < -0.4 is 25.6 Å². The average molecular weight is 1050 g/mol. The Morgan fingerprint density at radius 3 is 2.22 bits per heavy atom. The van der Waals surface area contributed by atoms with Crippen molar-refractivity contribution in [2.75, 3.05) is 63.8 Å². The number of thiazole rings is 1. The van der Waals surface area contributed by atoms with Crippen LogP contribution in [0.25, 0.3) is 15.3 Å².